The average molecular weight is 440 g/mol. The van der Waals surface area contributed by atoms with Crippen LogP contribution in [-0.4, -0.2) is 80.5 Å². The molecule has 2 aliphatic rings. The quantitative estimate of drug-likeness (QED) is 0.188. The predicted octanol–water partition coefficient (Wildman–Crippen LogP) is -1.70. The highest BCUT2D eigenvalue weighted by Gasteiger charge is 2.54. The third-order valence-electron chi connectivity index (χ3n) is 4.04. The summed E-state index contributed by atoms with van der Waals surface area (Å²) in [4.78, 5) is 57.2. The Morgan fingerprint density at radius 1 is 1.47 bits per heavy atom. The van der Waals surface area contributed by atoms with Gasteiger partial charge in [-0.25, -0.2) is 4.79 Å². The van der Waals surface area contributed by atoms with Crippen LogP contribution in [0.3, 0.4) is 0 Å². The van der Waals surface area contributed by atoms with Gasteiger partial charge in [0.2, 0.25) is 11.5 Å². The molecule has 15 heteroatoms. The fourth-order valence-corrected chi connectivity index (χ4v) is 4.13. The number of aliphatic carboxylic acids is 1. The van der Waals surface area contributed by atoms with Crippen LogP contribution >= 0.6 is 11.8 Å². The van der Waals surface area contributed by atoms with Gasteiger partial charge in [-0.2, -0.15) is 4.98 Å². The van der Waals surface area contributed by atoms with E-state index >= 15 is 0 Å². The van der Waals surface area contributed by atoms with E-state index in [1.807, 2.05) is 0 Å². The van der Waals surface area contributed by atoms with Crippen molar-refractivity contribution in [3.63, 3.8) is 0 Å². The Morgan fingerprint density at radius 3 is 2.77 bits per heavy atom. The maximum atomic E-state index is 12.6. The molecular weight excluding hydrogens is 424 g/mol. The van der Waals surface area contributed by atoms with Crippen molar-refractivity contribution >= 4 is 47.2 Å². The molecular formula is C15H16N6O8S. The molecule has 2 amide bonds. The summed E-state index contributed by atoms with van der Waals surface area (Å²) in [5, 5.41) is 18.3. The van der Waals surface area contributed by atoms with Gasteiger partial charge in [0.05, 0.1) is 0 Å². The number of aromatic nitrogens is 2. The summed E-state index contributed by atoms with van der Waals surface area (Å²) in [6.07, 6.45) is 0. The average Bonchev–Trinajstić information content (AvgIpc) is 3.13. The van der Waals surface area contributed by atoms with Crippen LogP contribution in [0.5, 0.6) is 0 Å². The Bertz CT molecular complexity index is 972. The number of carbonyl (C=O) groups excluding carboxylic acids is 3. The van der Waals surface area contributed by atoms with Gasteiger partial charge in [-0.1, -0.05) is 10.3 Å². The summed E-state index contributed by atoms with van der Waals surface area (Å²) < 4.78 is 9.46. The summed E-state index contributed by atoms with van der Waals surface area (Å²) in [6, 6.07) is -1.33. The molecule has 14 nitrogen and oxygen atoms in total. The number of amides is 2. The molecule has 4 N–H and O–H groups in total. The lowest BCUT2D eigenvalue weighted by atomic mass is 10.0. The number of nitrogen functional groups attached to an aromatic ring is 1. The Kier molecular flexibility index (Phi) is 5.91. The fraction of sp³-hybridized carbons (Fsp3) is 0.400. The molecule has 3 rings (SSSR count). The van der Waals surface area contributed by atoms with Gasteiger partial charge in [0.25, 0.3) is 11.8 Å². The van der Waals surface area contributed by atoms with Gasteiger partial charge in [0, 0.05) is 18.2 Å². The molecule has 1 aromatic rings. The molecule has 1 saturated heterocycles. The molecule has 0 unspecified atom stereocenters. The van der Waals surface area contributed by atoms with Gasteiger partial charge in [-0.05, 0) is 0 Å². The van der Waals surface area contributed by atoms with Crippen LogP contribution in [0, 0.1) is 0 Å². The third-order valence-corrected chi connectivity index (χ3v) is 5.38. The number of carboxylic acids is 1. The number of esters is 1. The van der Waals surface area contributed by atoms with E-state index in [1.54, 1.807) is 0 Å². The van der Waals surface area contributed by atoms with Crippen LogP contribution < -0.4 is 11.1 Å². The minimum absolute atomic E-state index is 0.191. The largest absolute Gasteiger partial charge is 0.477 e. The molecule has 2 aliphatic heterocycles. The summed E-state index contributed by atoms with van der Waals surface area (Å²) in [6.45, 7) is 0.942. The topological polar surface area (TPSA) is 200 Å². The highest BCUT2D eigenvalue weighted by molar-refractivity contribution is 8.00. The second-order valence-electron chi connectivity index (χ2n) is 5.98. The second-order valence-corrected chi connectivity index (χ2v) is 7.08. The molecule has 0 bridgehead atoms. The Labute approximate surface area is 172 Å². The van der Waals surface area contributed by atoms with Crippen LogP contribution in [0.4, 0.5) is 6.01 Å². The van der Waals surface area contributed by atoms with E-state index in [1.165, 1.54) is 25.8 Å². The molecule has 160 valence electrons. The molecule has 0 radical (unpaired) electrons. The minimum atomic E-state index is -1.34. The van der Waals surface area contributed by atoms with Crippen molar-refractivity contribution < 1.29 is 38.4 Å². The number of nitrogens with one attached hydrogen (secondary N) is 1. The summed E-state index contributed by atoms with van der Waals surface area (Å²) in [5.41, 5.74) is 4.96. The number of carbonyl (C=O) groups is 4. The van der Waals surface area contributed by atoms with E-state index in [9.17, 15) is 24.3 Å². The number of hydrogen-bond acceptors (Lipinski definition) is 12. The van der Waals surface area contributed by atoms with Gasteiger partial charge in [-0.15, -0.1) is 11.8 Å². The minimum Gasteiger partial charge on any atom is -0.477 e. The summed E-state index contributed by atoms with van der Waals surface area (Å²) in [7, 11) is 1.19. The molecule has 0 aliphatic carbocycles. The van der Waals surface area contributed by atoms with Crippen molar-refractivity contribution in [2.24, 2.45) is 5.16 Å². The van der Waals surface area contributed by atoms with Gasteiger partial charge >= 0.3 is 18.0 Å². The maximum absolute atomic E-state index is 12.6. The number of fused-ring (bicyclic) bond motifs is 1. The van der Waals surface area contributed by atoms with Crippen LogP contribution in [0.2, 0.25) is 0 Å². The lowest BCUT2D eigenvalue weighted by Crippen LogP contribution is -2.71. The Balaban J connectivity index is 1.77. The zero-order valence-electron chi connectivity index (χ0n) is 15.6. The van der Waals surface area contributed by atoms with Gasteiger partial charge in [0.1, 0.15) is 30.8 Å². The normalized spacial score (nSPS) is 20.9. The number of nitrogens with zero attached hydrogens (tertiary/aromatic N) is 4. The molecule has 3 heterocycles. The van der Waals surface area contributed by atoms with Crippen molar-refractivity contribution in [3.05, 3.63) is 17.1 Å². The number of oxime groups is 1. The zero-order valence-corrected chi connectivity index (χ0v) is 16.5. The first kappa shape index (κ1) is 21.1. The fourth-order valence-electron chi connectivity index (χ4n) is 2.80. The molecule has 1 aromatic heterocycles. The van der Waals surface area contributed by atoms with E-state index in [0.717, 1.165) is 4.90 Å². The number of ether oxygens (including phenoxy) is 1. The van der Waals surface area contributed by atoms with Gasteiger partial charge < -0.3 is 30.3 Å². The first-order valence-electron chi connectivity index (χ1n) is 8.29. The van der Waals surface area contributed by atoms with Crippen molar-refractivity contribution in [1.82, 2.24) is 20.4 Å². The summed E-state index contributed by atoms with van der Waals surface area (Å²) >= 11 is 1.21. The number of nitrogens with two attached hydrogens (primary N) is 1. The number of thioether (sulfide) groups is 1. The van der Waals surface area contributed by atoms with Crippen LogP contribution in [0.1, 0.15) is 12.7 Å². The van der Waals surface area contributed by atoms with E-state index < -0.39 is 35.2 Å². The molecule has 30 heavy (non-hydrogen) atoms. The third kappa shape index (κ3) is 3.91. The van der Waals surface area contributed by atoms with Crippen LogP contribution in [-0.2, 0) is 28.8 Å². The second kappa shape index (κ2) is 8.40. The van der Waals surface area contributed by atoms with E-state index in [0.29, 0.717) is 0 Å². The number of β-lactam (4-membered cyclic amide) rings is 1. The van der Waals surface area contributed by atoms with Crippen LogP contribution in [0.25, 0.3) is 0 Å². The van der Waals surface area contributed by atoms with E-state index in [2.05, 4.69) is 30.0 Å². The maximum Gasteiger partial charge on any atom is 0.352 e. The van der Waals surface area contributed by atoms with E-state index in [4.69, 9.17) is 10.5 Å². The molecule has 0 spiro atoms. The Hall–Kier alpha value is -3.62. The standard InChI is InChI=1S/C15H16N6O8S/c1-5(22)28-3-6-4-30-13-8(12(24)21(13)9(6)14(25)26)17-11(23)7(19-27-2)10-18-15(16)29-20-10/h8,13H,3-4H2,1-2H3,(H,17,23)(H,25,26)(H2,16,18,20)/b19-7-/t8-,13+/m1/s1. The van der Waals surface area contributed by atoms with Crippen molar-refractivity contribution in [3.8, 4) is 0 Å². The first-order valence-corrected chi connectivity index (χ1v) is 9.34. The smallest absolute Gasteiger partial charge is 0.352 e. The summed E-state index contributed by atoms with van der Waals surface area (Å²) in [5.74, 6) is -3.47. The molecule has 2 atom stereocenters. The lowest BCUT2D eigenvalue weighted by Gasteiger charge is -2.49. The monoisotopic (exact) mass is 440 g/mol. The Morgan fingerprint density at radius 2 is 2.20 bits per heavy atom. The number of hydrogen-bond donors (Lipinski definition) is 3. The molecule has 0 aromatic carbocycles. The SMILES string of the molecule is CO/N=C(\C(=O)N[C@@H]1C(=O)N2C(C(=O)O)=C(COC(C)=O)CS[C@@H]12)c1noc(N)n1. The first-order chi connectivity index (χ1) is 14.2. The van der Waals surface area contributed by atoms with E-state index in [-0.39, 0.29) is 41.2 Å². The predicted molar refractivity (Wildman–Crippen MR) is 98.6 cm³/mol. The number of anilines is 1. The van der Waals surface area contributed by atoms with Gasteiger partial charge in [0.15, 0.2) is 0 Å². The lowest BCUT2D eigenvalue weighted by molar-refractivity contribution is -0.150. The highest BCUT2D eigenvalue weighted by atomic mass is 32.2. The number of carboxylic acid groups (broad SMARTS) is 1. The van der Waals surface area contributed by atoms with Gasteiger partial charge in [-0.3, -0.25) is 19.3 Å². The van der Waals surface area contributed by atoms with Crippen molar-refractivity contribution in [2.75, 3.05) is 25.2 Å². The highest BCUT2D eigenvalue weighted by Crippen LogP contribution is 2.40. The van der Waals surface area contributed by atoms with Crippen molar-refractivity contribution in [1.29, 1.82) is 0 Å². The number of rotatable bonds is 7. The molecule has 1 fully saturated rings. The van der Waals surface area contributed by atoms with Crippen LogP contribution in [0.15, 0.2) is 20.9 Å². The molecule has 0 saturated carbocycles. The zero-order chi connectivity index (χ0) is 22.0. The van der Waals surface area contributed by atoms with Crippen molar-refractivity contribution in [2.45, 2.75) is 18.3 Å².